The van der Waals surface area contributed by atoms with Gasteiger partial charge in [0.15, 0.2) is 11.5 Å². The number of thiazole rings is 1. The van der Waals surface area contributed by atoms with Crippen LogP contribution in [0.4, 0.5) is 4.79 Å². The van der Waals surface area contributed by atoms with E-state index >= 15 is 0 Å². The number of alkyl carbamates (subject to hydrolysis) is 1. The second kappa shape index (κ2) is 19.9. The first-order chi connectivity index (χ1) is 31.7. The molecule has 2 aliphatic heterocycles. The highest BCUT2D eigenvalue weighted by Gasteiger charge is 2.62. The summed E-state index contributed by atoms with van der Waals surface area (Å²) in [6, 6.07) is 9.60. The second-order valence-electron chi connectivity index (χ2n) is 18.8. The van der Waals surface area contributed by atoms with Crippen molar-refractivity contribution in [1.29, 1.82) is 0 Å². The van der Waals surface area contributed by atoms with Crippen LogP contribution in [0.15, 0.2) is 53.9 Å². The van der Waals surface area contributed by atoms with Crippen molar-refractivity contribution in [3.05, 3.63) is 65.2 Å². The molecule has 20 heteroatoms. The van der Waals surface area contributed by atoms with Gasteiger partial charge in [-0.3, -0.25) is 19.0 Å². The molecule has 1 aliphatic carbocycles. The summed E-state index contributed by atoms with van der Waals surface area (Å²) in [5.74, 6) is -1.27. The fraction of sp³-hybridized carbons (Fsp3) is 0.532. The summed E-state index contributed by atoms with van der Waals surface area (Å²) >= 11 is 1.50. The molecule has 4 heterocycles. The molecule has 1 saturated heterocycles. The normalized spacial score (nSPS) is 22.6. The lowest BCUT2D eigenvalue weighted by Crippen LogP contribution is -2.58. The first-order valence-corrected chi connectivity index (χ1v) is 24.9. The summed E-state index contributed by atoms with van der Waals surface area (Å²) in [7, 11) is 1.59. The minimum absolute atomic E-state index is 0.00504. The van der Waals surface area contributed by atoms with Gasteiger partial charge in [-0.1, -0.05) is 37.1 Å². The summed E-state index contributed by atoms with van der Waals surface area (Å²) in [5, 5.41) is 8.44. The summed E-state index contributed by atoms with van der Waals surface area (Å²) in [5.41, 5.74) is 1.73. The molecule has 1 saturated carbocycles. The van der Waals surface area contributed by atoms with Crippen LogP contribution >= 0.6 is 11.3 Å². The molecule has 3 N–H and O–H groups in total. The Morgan fingerprint density at radius 2 is 1.81 bits per heavy atom. The molecule has 0 bridgehead atoms. The number of carbonyl (C=O) groups is 4. The molecule has 3 aliphatic rings. The van der Waals surface area contributed by atoms with Gasteiger partial charge in [0.25, 0.3) is 11.9 Å². The zero-order valence-corrected chi connectivity index (χ0v) is 41.2. The topological polar surface area (TPSA) is 213 Å². The molecule has 0 radical (unpaired) electrons. The summed E-state index contributed by atoms with van der Waals surface area (Å²) < 4.78 is 53.9. The number of aromatic nitrogens is 3. The Balaban J connectivity index is 1.21. The Morgan fingerprint density at radius 3 is 2.51 bits per heavy atom. The molecule has 18 nitrogen and oxygen atoms in total. The largest absolute Gasteiger partial charge is 0.493 e. The Labute approximate surface area is 395 Å². The summed E-state index contributed by atoms with van der Waals surface area (Å²) in [6.07, 6.45) is 6.02. The van der Waals surface area contributed by atoms with Crippen molar-refractivity contribution in [3.63, 3.8) is 0 Å². The van der Waals surface area contributed by atoms with E-state index in [1.807, 2.05) is 72.3 Å². The SMILES string of the molecule is COc1ccc(Cc2csc(-c3cccc4c3nc(O[C@@H]3C[C@H]5C(=O)N[C@]6(C(=O)NS(=O)(=O)N(C)C)C[C@H]6C=CCCCCC[C@H](NC(=O)OC(C)(C)C)C(=O)N5C3)n4C(C)C)n2)cc1OC. The highest BCUT2D eigenvalue weighted by Crippen LogP contribution is 2.46. The van der Waals surface area contributed by atoms with Gasteiger partial charge >= 0.3 is 16.3 Å². The summed E-state index contributed by atoms with van der Waals surface area (Å²) in [6.45, 7) is 9.15. The van der Waals surface area contributed by atoms with Gasteiger partial charge in [-0.2, -0.15) is 17.7 Å². The molecule has 362 valence electrons. The minimum atomic E-state index is -4.20. The molecule has 4 amide bonds. The van der Waals surface area contributed by atoms with Gasteiger partial charge in [-0.15, -0.1) is 11.3 Å². The number of allylic oxidation sites excluding steroid dienone is 1. The van der Waals surface area contributed by atoms with E-state index in [9.17, 15) is 27.6 Å². The third-order valence-electron chi connectivity index (χ3n) is 12.1. The second-order valence-corrected chi connectivity index (χ2v) is 21.5. The van der Waals surface area contributed by atoms with Gasteiger partial charge < -0.3 is 34.5 Å². The number of nitrogens with zero attached hydrogens (tertiary/aromatic N) is 5. The smallest absolute Gasteiger partial charge is 0.408 e. The van der Waals surface area contributed by atoms with E-state index in [1.165, 1.54) is 30.3 Å². The van der Waals surface area contributed by atoms with Gasteiger partial charge in [0.05, 0.1) is 32.0 Å². The van der Waals surface area contributed by atoms with Crippen LogP contribution in [0.3, 0.4) is 0 Å². The average molecular weight is 963 g/mol. The number of imidazole rings is 1. The van der Waals surface area contributed by atoms with Crippen molar-refractivity contribution in [1.82, 2.24) is 39.1 Å². The molecular formula is C47H62N8O10S2. The Hall–Kier alpha value is -5.73. The highest BCUT2D eigenvalue weighted by atomic mass is 32.2. The minimum Gasteiger partial charge on any atom is -0.493 e. The molecule has 0 spiro atoms. The maximum Gasteiger partial charge on any atom is 0.408 e. The lowest BCUT2D eigenvalue weighted by molar-refractivity contribution is -0.141. The van der Waals surface area contributed by atoms with Gasteiger partial charge in [-0.25, -0.2) is 14.5 Å². The molecule has 5 atom stereocenters. The number of ether oxygens (including phenoxy) is 4. The zero-order chi connectivity index (χ0) is 48.4. The Morgan fingerprint density at radius 1 is 1.04 bits per heavy atom. The van der Waals surface area contributed by atoms with Crippen molar-refractivity contribution < 1.29 is 46.5 Å². The van der Waals surface area contributed by atoms with Crippen molar-refractivity contribution in [2.75, 3.05) is 34.9 Å². The standard InChI is InChI=1S/C47H62N8O10S2/c1-28(2)55-35-19-15-17-33(41-48-31(27-66-41)22-29-20-21-37(62-8)38(23-29)63-9)39(35)50-44(55)64-32-24-36-40(56)51-47(43(58)52-67(60,61)53(6)7)25-30(47)16-13-11-10-12-14-18-34(42(57)54(36)26-32)49-45(59)65-46(3,4)5/h13,15-17,19-21,23,27-28,30,32,34,36H,10-12,14,18,22,24-26H2,1-9H3,(H,49,59)(H,51,56)(H,52,58)/t30-,32-,34+,36+,47-/m1/s1. The first-order valence-electron chi connectivity index (χ1n) is 22.6. The van der Waals surface area contributed by atoms with Crippen molar-refractivity contribution >= 4 is 56.4 Å². The van der Waals surface area contributed by atoms with Gasteiger partial charge in [0.2, 0.25) is 11.8 Å². The van der Waals surface area contributed by atoms with Crippen LogP contribution in [0.5, 0.6) is 17.5 Å². The third-order valence-corrected chi connectivity index (χ3v) is 14.5. The summed E-state index contributed by atoms with van der Waals surface area (Å²) in [4.78, 5) is 67.9. The van der Waals surface area contributed by atoms with Crippen molar-refractivity contribution in [2.45, 2.75) is 121 Å². The van der Waals surface area contributed by atoms with Gasteiger partial charge in [0.1, 0.15) is 39.9 Å². The zero-order valence-electron chi connectivity index (χ0n) is 39.6. The van der Waals surface area contributed by atoms with Crippen LogP contribution in [-0.2, 0) is 35.8 Å². The van der Waals surface area contributed by atoms with E-state index in [4.69, 9.17) is 28.9 Å². The van der Waals surface area contributed by atoms with Crippen LogP contribution in [0.2, 0.25) is 0 Å². The van der Waals surface area contributed by atoms with Crippen LogP contribution in [-0.4, -0.2) is 120 Å². The van der Waals surface area contributed by atoms with E-state index in [2.05, 4.69) is 15.4 Å². The molecule has 4 aromatic rings. The van der Waals surface area contributed by atoms with Gasteiger partial charge in [0, 0.05) is 49.8 Å². The molecule has 67 heavy (non-hydrogen) atoms. The third kappa shape index (κ3) is 11.0. The number of hydrogen-bond donors (Lipinski definition) is 3. The van der Waals surface area contributed by atoms with E-state index in [-0.39, 0.29) is 37.9 Å². The fourth-order valence-corrected chi connectivity index (χ4v) is 10.1. The molecule has 0 unspecified atom stereocenters. The Kier molecular flexibility index (Phi) is 14.6. The predicted octanol–water partition coefficient (Wildman–Crippen LogP) is 5.91. The first kappa shape index (κ1) is 49.2. The quantitative estimate of drug-likeness (QED) is 0.142. The number of methoxy groups -OCH3 is 2. The monoisotopic (exact) mass is 962 g/mol. The number of amides is 4. The molecule has 2 aromatic carbocycles. The predicted molar refractivity (Wildman–Crippen MR) is 253 cm³/mol. The molecule has 2 fully saturated rings. The van der Waals surface area contributed by atoms with Crippen LogP contribution < -0.4 is 29.6 Å². The molecular weight excluding hydrogens is 901 g/mol. The van der Waals surface area contributed by atoms with E-state index in [0.717, 1.165) is 44.5 Å². The molecule has 2 aromatic heterocycles. The number of para-hydroxylation sites is 1. The number of fused-ring (bicyclic) bond motifs is 3. The lowest BCUT2D eigenvalue weighted by atomic mass is 10.0. The highest BCUT2D eigenvalue weighted by molar-refractivity contribution is 7.87. The average Bonchev–Trinajstić information content (AvgIpc) is 3.58. The number of nitrogens with one attached hydrogen (secondary N) is 3. The maximum atomic E-state index is 14.8. The fourth-order valence-electron chi connectivity index (χ4n) is 8.63. The number of rotatable bonds is 12. The van der Waals surface area contributed by atoms with E-state index in [1.54, 1.807) is 35.0 Å². The lowest BCUT2D eigenvalue weighted by Gasteiger charge is -2.30. The van der Waals surface area contributed by atoms with E-state index < -0.39 is 69.3 Å². The Bertz CT molecular complexity index is 2640. The van der Waals surface area contributed by atoms with Crippen molar-refractivity contribution in [3.8, 4) is 28.1 Å². The van der Waals surface area contributed by atoms with Crippen LogP contribution in [0, 0.1) is 5.92 Å². The van der Waals surface area contributed by atoms with Crippen LogP contribution in [0.1, 0.15) is 96.9 Å². The van der Waals surface area contributed by atoms with Crippen LogP contribution in [0.25, 0.3) is 21.6 Å². The maximum absolute atomic E-state index is 14.8. The number of benzene rings is 2. The van der Waals surface area contributed by atoms with Gasteiger partial charge in [-0.05, 0) is 90.1 Å². The number of carbonyl (C=O) groups excluding carboxylic acids is 4. The number of hydrogen-bond acceptors (Lipinski definition) is 13. The van der Waals surface area contributed by atoms with E-state index in [0.29, 0.717) is 36.3 Å². The van der Waals surface area contributed by atoms with Crippen molar-refractivity contribution in [2.24, 2.45) is 5.92 Å². The molecule has 7 rings (SSSR count).